The summed E-state index contributed by atoms with van der Waals surface area (Å²) in [5.74, 6) is 0.477. The van der Waals surface area contributed by atoms with E-state index in [0.29, 0.717) is 5.92 Å². The van der Waals surface area contributed by atoms with E-state index in [1.807, 2.05) is 6.07 Å². The van der Waals surface area contributed by atoms with E-state index in [9.17, 15) is 5.11 Å². The fourth-order valence-electron chi connectivity index (χ4n) is 1.87. The van der Waals surface area contributed by atoms with Gasteiger partial charge < -0.3 is 5.11 Å². The third kappa shape index (κ3) is 1.82. The zero-order valence-electron chi connectivity index (χ0n) is 7.89. The lowest BCUT2D eigenvalue weighted by Crippen LogP contribution is -2.05. The Morgan fingerprint density at radius 2 is 2.36 bits per heavy atom. The van der Waals surface area contributed by atoms with Crippen molar-refractivity contribution in [2.45, 2.75) is 31.8 Å². The Morgan fingerprint density at radius 1 is 1.64 bits per heavy atom. The van der Waals surface area contributed by atoms with E-state index in [4.69, 9.17) is 0 Å². The molecule has 14 heavy (non-hydrogen) atoms. The Labute approximate surface area is 105 Å². The van der Waals surface area contributed by atoms with Crippen LogP contribution in [-0.4, -0.2) is 5.11 Å². The molecule has 1 aliphatic rings. The van der Waals surface area contributed by atoms with E-state index >= 15 is 0 Å². The molecule has 0 aromatic carbocycles. The molecule has 2 unspecified atom stereocenters. The summed E-state index contributed by atoms with van der Waals surface area (Å²) in [6.45, 7) is 2.17. The summed E-state index contributed by atoms with van der Waals surface area (Å²) in [7, 11) is 0. The lowest BCUT2D eigenvalue weighted by molar-refractivity contribution is 0.133. The summed E-state index contributed by atoms with van der Waals surface area (Å²) in [6, 6.07) is 2.03. The first-order chi connectivity index (χ1) is 6.58. The molecule has 2 rings (SSSR count). The van der Waals surface area contributed by atoms with Crippen LogP contribution in [0.5, 0.6) is 0 Å². The summed E-state index contributed by atoms with van der Waals surface area (Å²) in [5, 5.41) is 10.3. The minimum absolute atomic E-state index is 0.477. The zero-order valence-corrected chi connectivity index (χ0v) is 11.9. The number of aliphatic hydroxyl groups is 1. The van der Waals surface area contributed by atoms with Crippen LogP contribution in [0, 0.1) is 5.92 Å². The third-order valence-corrected chi connectivity index (χ3v) is 6.20. The predicted molar refractivity (Wildman–Crippen MR) is 66.6 cm³/mol. The van der Waals surface area contributed by atoms with Gasteiger partial charge in [0, 0.05) is 9.35 Å². The van der Waals surface area contributed by atoms with Gasteiger partial charge in [0.15, 0.2) is 0 Å². The van der Waals surface area contributed by atoms with Gasteiger partial charge in [-0.05, 0) is 56.7 Å². The first-order valence-corrected chi connectivity index (χ1v) is 7.16. The van der Waals surface area contributed by atoms with Crippen LogP contribution in [0.4, 0.5) is 0 Å². The van der Waals surface area contributed by atoms with Gasteiger partial charge in [-0.1, -0.05) is 13.3 Å². The molecule has 4 heteroatoms. The van der Waals surface area contributed by atoms with Crippen molar-refractivity contribution in [1.82, 2.24) is 0 Å². The summed E-state index contributed by atoms with van der Waals surface area (Å²) >= 11 is 8.54. The van der Waals surface area contributed by atoms with Crippen LogP contribution in [0.2, 0.25) is 0 Å². The van der Waals surface area contributed by atoms with Crippen molar-refractivity contribution >= 4 is 43.2 Å². The second-order valence-electron chi connectivity index (χ2n) is 3.85. The number of thiophene rings is 1. The minimum Gasteiger partial charge on any atom is -0.384 e. The molecular weight excluding hydrogens is 328 g/mol. The number of hydrogen-bond acceptors (Lipinski definition) is 2. The lowest BCUT2D eigenvalue weighted by Gasteiger charge is -2.06. The van der Waals surface area contributed by atoms with Crippen LogP contribution in [-0.2, 0) is 5.60 Å². The van der Waals surface area contributed by atoms with Crippen molar-refractivity contribution in [3.63, 3.8) is 0 Å². The van der Waals surface area contributed by atoms with Gasteiger partial charge >= 0.3 is 0 Å². The van der Waals surface area contributed by atoms with Crippen LogP contribution in [0.1, 0.15) is 31.1 Å². The minimum atomic E-state index is -0.519. The molecule has 0 saturated heterocycles. The molecule has 0 radical (unpaired) electrons. The van der Waals surface area contributed by atoms with Gasteiger partial charge in [-0.25, -0.2) is 0 Å². The second kappa shape index (κ2) is 3.89. The molecule has 1 fully saturated rings. The fourth-order valence-corrected chi connectivity index (χ4v) is 4.08. The van der Waals surface area contributed by atoms with Gasteiger partial charge in [0.1, 0.15) is 5.60 Å². The number of rotatable bonds is 3. The highest BCUT2D eigenvalue weighted by Gasteiger charge is 2.54. The quantitative estimate of drug-likeness (QED) is 0.871. The molecule has 1 aliphatic carbocycles. The fraction of sp³-hybridized carbons (Fsp3) is 0.600. The third-order valence-electron chi connectivity index (χ3n) is 2.78. The maximum atomic E-state index is 10.3. The van der Waals surface area contributed by atoms with Crippen molar-refractivity contribution in [3.05, 3.63) is 19.2 Å². The number of hydrogen-bond donors (Lipinski definition) is 1. The number of halogens is 2. The van der Waals surface area contributed by atoms with Crippen molar-refractivity contribution in [2.75, 3.05) is 0 Å². The van der Waals surface area contributed by atoms with Crippen LogP contribution in [0.15, 0.2) is 14.3 Å². The molecule has 1 saturated carbocycles. The van der Waals surface area contributed by atoms with Crippen LogP contribution < -0.4 is 0 Å². The van der Waals surface area contributed by atoms with Crippen LogP contribution in [0.3, 0.4) is 0 Å². The first kappa shape index (κ1) is 11.1. The van der Waals surface area contributed by atoms with Crippen molar-refractivity contribution < 1.29 is 5.11 Å². The molecule has 1 N–H and O–H groups in total. The summed E-state index contributed by atoms with van der Waals surface area (Å²) < 4.78 is 2.12. The summed E-state index contributed by atoms with van der Waals surface area (Å²) in [6.07, 6.45) is 3.21. The van der Waals surface area contributed by atoms with Gasteiger partial charge in [0.2, 0.25) is 0 Å². The molecule has 78 valence electrons. The zero-order chi connectivity index (χ0) is 10.3. The molecule has 2 atom stereocenters. The maximum Gasteiger partial charge on any atom is 0.102 e. The van der Waals surface area contributed by atoms with Crippen LogP contribution in [0.25, 0.3) is 0 Å². The van der Waals surface area contributed by atoms with Gasteiger partial charge in [-0.3, -0.25) is 0 Å². The van der Waals surface area contributed by atoms with Crippen molar-refractivity contribution in [1.29, 1.82) is 0 Å². The van der Waals surface area contributed by atoms with E-state index in [-0.39, 0.29) is 0 Å². The van der Waals surface area contributed by atoms with E-state index in [2.05, 4.69) is 38.8 Å². The summed E-state index contributed by atoms with van der Waals surface area (Å²) in [5.41, 5.74) is -0.519. The Kier molecular flexibility index (Phi) is 3.09. The van der Waals surface area contributed by atoms with Crippen molar-refractivity contribution in [2.24, 2.45) is 5.92 Å². The summed E-state index contributed by atoms with van der Waals surface area (Å²) in [4.78, 5) is 1.09. The van der Waals surface area contributed by atoms with E-state index in [0.717, 1.165) is 32.4 Å². The Balaban J connectivity index is 2.17. The molecule has 1 heterocycles. The Bertz CT molecular complexity index is 330. The largest absolute Gasteiger partial charge is 0.384 e. The molecule has 0 bridgehead atoms. The molecule has 1 nitrogen and oxygen atoms in total. The Hall–Kier alpha value is 0.620. The van der Waals surface area contributed by atoms with Crippen LogP contribution >= 0.6 is 43.2 Å². The van der Waals surface area contributed by atoms with Crippen molar-refractivity contribution in [3.8, 4) is 0 Å². The first-order valence-electron chi connectivity index (χ1n) is 4.75. The molecule has 1 aromatic heterocycles. The highest BCUT2D eigenvalue weighted by Crippen LogP contribution is 2.57. The Morgan fingerprint density at radius 3 is 2.86 bits per heavy atom. The smallest absolute Gasteiger partial charge is 0.102 e. The highest BCUT2D eigenvalue weighted by molar-refractivity contribution is 9.13. The van der Waals surface area contributed by atoms with Gasteiger partial charge in [-0.2, -0.15) is 0 Å². The maximum absolute atomic E-state index is 10.3. The van der Waals surface area contributed by atoms with Gasteiger partial charge in [0.25, 0.3) is 0 Å². The normalized spacial score (nSPS) is 30.7. The van der Waals surface area contributed by atoms with E-state index in [1.165, 1.54) is 0 Å². The van der Waals surface area contributed by atoms with E-state index in [1.54, 1.807) is 11.3 Å². The molecule has 1 aromatic rings. The standard InChI is InChI=1S/C10H12Br2OS/c1-2-3-6-5-10(6,13)8-4-7(11)9(12)14-8/h4,6,13H,2-3,5H2,1H3. The predicted octanol–water partition coefficient (Wildman–Crippen LogP) is 4.28. The second-order valence-corrected chi connectivity index (χ2v) is 7.07. The molecule has 0 amide bonds. The lowest BCUT2D eigenvalue weighted by atomic mass is 10.1. The topological polar surface area (TPSA) is 20.2 Å². The monoisotopic (exact) mass is 338 g/mol. The molecular formula is C10H12Br2OS. The van der Waals surface area contributed by atoms with Gasteiger partial charge in [0.05, 0.1) is 3.79 Å². The van der Waals surface area contributed by atoms with Gasteiger partial charge in [-0.15, -0.1) is 11.3 Å². The average molecular weight is 340 g/mol. The average Bonchev–Trinajstić information content (AvgIpc) is 2.65. The highest BCUT2D eigenvalue weighted by atomic mass is 79.9. The molecule has 0 aliphatic heterocycles. The van der Waals surface area contributed by atoms with E-state index < -0.39 is 5.60 Å². The SMILES string of the molecule is CCCC1CC1(O)c1cc(Br)c(Br)s1. The molecule has 0 spiro atoms.